The molecule has 0 atom stereocenters. The van der Waals surface area contributed by atoms with Crippen molar-refractivity contribution in [2.45, 2.75) is 45.4 Å². The van der Waals surface area contributed by atoms with Crippen LogP contribution in [0.4, 0.5) is 0 Å². The number of Topliss-reactive ketones (excluding diaryl/α,β-unsaturated/α-hetero) is 1. The Morgan fingerprint density at radius 2 is 1.57 bits per heavy atom. The van der Waals surface area contributed by atoms with E-state index in [-0.39, 0.29) is 11.2 Å². The molecule has 110 valence electrons. The minimum absolute atomic E-state index is 0.157. The van der Waals surface area contributed by atoms with Crippen LogP contribution in [0.25, 0.3) is 0 Å². The molecule has 0 aliphatic heterocycles. The number of aromatic nitrogens is 1. The number of ketones is 1. The number of hydrogen-bond donors (Lipinski definition) is 0. The largest absolute Gasteiger partial charge is 0.299 e. The SMILES string of the molecule is CC(C)(C)c1ccc(CC(=O)CCc2ccncc2)cc1. The smallest absolute Gasteiger partial charge is 0.137 e. The molecule has 1 heterocycles. The average Bonchev–Trinajstić information content (AvgIpc) is 2.46. The zero-order valence-corrected chi connectivity index (χ0v) is 13.1. The summed E-state index contributed by atoms with van der Waals surface area (Å²) in [5.41, 5.74) is 3.73. The fourth-order valence-corrected chi connectivity index (χ4v) is 2.27. The third-order valence-electron chi connectivity index (χ3n) is 3.66. The van der Waals surface area contributed by atoms with Crippen molar-refractivity contribution in [3.8, 4) is 0 Å². The highest BCUT2D eigenvalue weighted by atomic mass is 16.1. The monoisotopic (exact) mass is 281 g/mol. The normalized spacial score (nSPS) is 11.4. The number of rotatable bonds is 5. The maximum Gasteiger partial charge on any atom is 0.137 e. The number of pyridine rings is 1. The average molecular weight is 281 g/mol. The topological polar surface area (TPSA) is 30.0 Å². The van der Waals surface area contributed by atoms with Gasteiger partial charge in [-0.05, 0) is 40.7 Å². The first-order chi connectivity index (χ1) is 9.95. The van der Waals surface area contributed by atoms with E-state index in [1.54, 1.807) is 12.4 Å². The van der Waals surface area contributed by atoms with Crippen LogP contribution in [0.15, 0.2) is 48.8 Å². The molecule has 2 nitrogen and oxygen atoms in total. The molecule has 1 aromatic heterocycles. The predicted octanol–water partition coefficient (Wildman–Crippen LogP) is 4.12. The van der Waals surface area contributed by atoms with Crippen LogP contribution in [0.3, 0.4) is 0 Å². The molecule has 0 spiro atoms. The zero-order valence-electron chi connectivity index (χ0n) is 13.1. The summed E-state index contributed by atoms with van der Waals surface area (Å²) in [6, 6.07) is 12.3. The number of aryl methyl sites for hydroxylation is 1. The van der Waals surface area contributed by atoms with E-state index in [2.05, 4.69) is 50.0 Å². The maximum absolute atomic E-state index is 12.1. The molecule has 21 heavy (non-hydrogen) atoms. The number of hydrogen-bond acceptors (Lipinski definition) is 2. The highest BCUT2D eigenvalue weighted by molar-refractivity contribution is 5.81. The van der Waals surface area contributed by atoms with Crippen molar-refractivity contribution in [3.05, 3.63) is 65.5 Å². The van der Waals surface area contributed by atoms with E-state index in [0.717, 1.165) is 12.0 Å². The molecule has 0 fully saturated rings. The Kier molecular flexibility index (Phi) is 4.89. The van der Waals surface area contributed by atoms with Crippen molar-refractivity contribution in [1.82, 2.24) is 4.98 Å². The van der Waals surface area contributed by atoms with Gasteiger partial charge >= 0.3 is 0 Å². The molecule has 0 bridgehead atoms. The second-order valence-electron chi connectivity index (χ2n) is 6.52. The molecular weight excluding hydrogens is 258 g/mol. The minimum Gasteiger partial charge on any atom is -0.299 e. The van der Waals surface area contributed by atoms with E-state index in [9.17, 15) is 4.79 Å². The van der Waals surface area contributed by atoms with Gasteiger partial charge in [0.25, 0.3) is 0 Å². The van der Waals surface area contributed by atoms with Gasteiger partial charge in [0.15, 0.2) is 0 Å². The quantitative estimate of drug-likeness (QED) is 0.825. The number of nitrogens with zero attached hydrogens (tertiary/aromatic N) is 1. The first kappa shape index (κ1) is 15.4. The fraction of sp³-hybridized carbons (Fsp3) is 0.368. The Labute approximate surface area is 127 Å². The van der Waals surface area contributed by atoms with E-state index in [1.165, 1.54) is 11.1 Å². The van der Waals surface area contributed by atoms with Crippen LogP contribution < -0.4 is 0 Å². The molecule has 0 N–H and O–H groups in total. The zero-order chi connectivity index (χ0) is 15.3. The third-order valence-corrected chi connectivity index (χ3v) is 3.66. The van der Waals surface area contributed by atoms with E-state index in [1.807, 2.05) is 12.1 Å². The van der Waals surface area contributed by atoms with Gasteiger partial charge in [0.05, 0.1) is 0 Å². The van der Waals surface area contributed by atoms with Gasteiger partial charge in [-0.2, -0.15) is 0 Å². The molecule has 2 heteroatoms. The van der Waals surface area contributed by atoms with Crippen LogP contribution in [-0.2, 0) is 23.1 Å². The van der Waals surface area contributed by atoms with Crippen LogP contribution in [-0.4, -0.2) is 10.8 Å². The molecule has 1 aromatic carbocycles. The second-order valence-corrected chi connectivity index (χ2v) is 6.52. The maximum atomic E-state index is 12.1. The lowest BCUT2D eigenvalue weighted by molar-refractivity contribution is -0.118. The summed E-state index contributed by atoms with van der Waals surface area (Å²) in [6.45, 7) is 6.59. The van der Waals surface area contributed by atoms with Crippen LogP contribution in [0.1, 0.15) is 43.9 Å². The van der Waals surface area contributed by atoms with E-state index < -0.39 is 0 Å². The van der Waals surface area contributed by atoms with Crippen molar-refractivity contribution < 1.29 is 4.79 Å². The lowest BCUT2D eigenvalue weighted by atomic mass is 9.86. The Hall–Kier alpha value is -1.96. The summed E-state index contributed by atoms with van der Waals surface area (Å²) >= 11 is 0. The van der Waals surface area contributed by atoms with Gasteiger partial charge < -0.3 is 0 Å². The van der Waals surface area contributed by atoms with Gasteiger partial charge in [-0.15, -0.1) is 0 Å². The Balaban J connectivity index is 1.88. The lowest BCUT2D eigenvalue weighted by Crippen LogP contribution is -2.11. The number of carbonyl (C=O) groups excluding carboxylic acids is 1. The number of carbonyl (C=O) groups is 1. The fourth-order valence-electron chi connectivity index (χ4n) is 2.27. The molecule has 0 unspecified atom stereocenters. The molecule has 0 radical (unpaired) electrons. The first-order valence-corrected chi connectivity index (χ1v) is 7.45. The van der Waals surface area contributed by atoms with Crippen molar-refractivity contribution in [2.75, 3.05) is 0 Å². The van der Waals surface area contributed by atoms with Gasteiger partial charge in [-0.3, -0.25) is 9.78 Å². The number of benzene rings is 1. The molecule has 0 aliphatic rings. The molecule has 0 aliphatic carbocycles. The molecule has 0 amide bonds. The molecular formula is C19H23NO. The minimum atomic E-state index is 0.157. The van der Waals surface area contributed by atoms with Gasteiger partial charge in [0.2, 0.25) is 0 Å². The van der Waals surface area contributed by atoms with Crippen LogP contribution in [0.2, 0.25) is 0 Å². The lowest BCUT2D eigenvalue weighted by Gasteiger charge is -2.19. The highest BCUT2D eigenvalue weighted by Crippen LogP contribution is 2.22. The van der Waals surface area contributed by atoms with Gasteiger partial charge in [-0.1, -0.05) is 45.0 Å². The Bertz CT molecular complexity index is 579. The second kappa shape index (κ2) is 6.66. The van der Waals surface area contributed by atoms with Gasteiger partial charge in [-0.25, -0.2) is 0 Å². The van der Waals surface area contributed by atoms with Crippen LogP contribution in [0.5, 0.6) is 0 Å². The molecule has 0 saturated heterocycles. The van der Waals surface area contributed by atoms with Gasteiger partial charge in [0.1, 0.15) is 5.78 Å². The van der Waals surface area contributed by atoms with E-state index in [0.29, 0.717) is 12.8 Å². The first-order valence-electron chi connectivity index (χ1n) is 7.45. The predicted molar refractivity (Wildman–Crippen MR) is 86.4 cm³/mol. The molecule has 2 aromatic rings. The van der Waals surface area contributed by atoms with Crippen molar-refractivity contribution in [2.24, 2.45) is 0 Å². The summed E-state index contributed by atoms with van der Waals surface area (Å²) in [6.07, 6.45) is 5.44. The van der Waals surface area contributed by atoms with Crippen molar-refractivity contribution in [3.63, 3.8) is 0 Å². The highest BCUT2D eigenvalue weighted by Gasteiger charge is 2.13. The van der Waals surface area contributed by atoms with Crippen LogP contribution >= 0.6 is 0 Å². The Morgan fingerprint density at radius 1 is 0.952 bits per heavy atom. The van der Waals surface area contributed by atoms with Crippen LogP contribution in [0, 0.1) is 0 Å². The van der Waals surface area contributed by atoms with E-state index >= 15 is 0 Å². The third kappa shape index (κ3) is 4.82. The summed E-state index contributed by atoms with van der Waals surface area (Å²) in [4.78, 5) is 16.0. The standard InChI is InChI=1S/C19H23NO/c1-19(2,3)17-7-4-16(5-8-17)14-18(21)9-6-15-10-12-20-13-11-15/h4-5,7-8,10-13H,6,9,14H2,1-3H3. The summed E-state index contributed by atoms with van der Waals surface area (Å²) in [5, 5.41) is 0. The molecule has 2 rings (SSSR count). The summed E-state index contributed by atoms with van der Waals surface area (Å²) < 4.78 is 0. The summed E-state index contributed by atoms with van der Waals surface area (Å²) in [7, 11) is 0. The van der Waals surface area contributed by atoms with Crippen molar-refractivity contribution >= 4 is 5.78 Å². The molecule has 0 saturated carbocycles. The van der Waals surface area contributed by atoms with Gasteiger partial charge in [0, 0.05) is 25.2 Å². The van der Waals surface area contributed by atoms with Crippen molar-refractivity contribution in [1.29, 1.82) is 0 Å². The van der Waals surface area contributed by atoms with E-state index in [4.69, 9.17) is 0 Å². The summed E-state index contributed by atoms with van der Waals surface area (Å²) in [5.74, 6) is 0.287. The Morgan fingerprint density at radius 3 is 2.14 bits per heavy atom.